The summed E-state index contributed by atoms with van der Waals surface area (Å²) >= 11 is 0. The first-order valence-corrected chi connectivity index (χ1v) is 8.78. The minimum Gasteiger partial charge on any atom is -0.356 e. The number of nitrogens with one attached hydrogen (secondary N) is 1. The van der Waals surface area contributed by atoms with Gasteiger partial charge in [0.2, 0.25) is 11.8 Å². The molecule has 1 heterocycles. The van der Waals surface area contributed by atoms with Crippen LogP contribution in [-0.4, -0.2) is 36.3 Å². The van der Waals surface area contributed by atoms with Crippen molar-refractivity contribution >= 4 is 11.8 Å². The summed E-state index contributed by atoms with van der Waals surface area (Å²) in [6.45, 7) is 3.26. The van der Waals surface area contributed by atoms with Crippen LogP contribution in [0.25, 0.3) is 0 Å². The fourth-order valence-electron chi connectivity index (χ4n) is 3.28. The summed E-state index contributed by atoms with van der Waals surface area (Å²) in [6.07, 6.45) is 0.850. The second kappa shape index (κ2) is 7.97. The first-order chi connectivity index (χ1) is 12.1. The Morgan fingerprint density at radius 3 is 2.00 bits per heavy atom. The number of hydrogen-bond donors (Lipinski definition) is 1. The molecule has 2 aromatic rings. The molecule has 0 radical (unpaired) electrons. The van der Waals surface area contributed by atoms with Crippen molar-refractivity contribution in [2.45, 2.75) is 19.3 Å². The van der Waals surface area contributed by atoms with Crippen LogP contribution in [0.1, 0.15) is 30.4 Å². The number of amides is 2. The first kappa shape index (κ1) is 17.2. The minimum atomic E-state index is -0.0594. The van der Waals surface area contributed by atoms with Gasteiger partial charge in [0.15, 0.2) is 0 Å². The largest absolute Gasteiger partial charge is 0.356 e. The van der Waals surface area contributed by atoms with E-state index in [0.29, 0.717) is 19.6 Å². The molecule has 130 valence electrons. The van der Waals surface area contributed by atoms with Crippen molar-refractivity contribution in [1.29, 1.82) is 0 Å². The molecule has 4 heteroatoms. The van der Waals surface area contributed by atoms with Gasteiger partial charge in [0.25, 0.3) is 0 Å². The molecule has 0 aliphatic carbocycles. The number of nitrogens with zero attached hydrogens (tertiary/aromatic N) is 1. The quantitative estimate of drug-likeness (QED) is 0.882. The van der Waals surface area contributed by atoms with Gasteiger partial charge in [-0.1, -0.05) is 60.7 Å². The smallest absolute Gasteiger partial charge is 0.226 e. The highest BCUT2D eigenvalue weighted by molar-refractivity contribution is 5.83. The van der Waals surface area contributed by atoms with Crippen molar-refractivity contribution in [3.8, 4) is 0 Å². The summed E-state index contributed by atoms with van der Waals surface area (Å²) < 4.78 is 0. The molecule has 1 aliphatic heterocycles. The molecule has 0 saturated carbocycles. The average Bonchev–Trinajstić information content (AvgIpc) is 2.58. The lowest BCUT2D eigenvalue weighted by molar-refractivity contribution is -0.141. The molecule has 2 aromatic carbocycles. The van der Waals surface area contributed by atoms with Gasteiger partial charge in [-0.25, -0.2) is 0 Å². The molecule has 2 amide bonds. The molecule has 0 atom stereocenters. The van der Waals surface area contributed by atoms with Gasteiger partial charge in [-0.2, -0.15) is 0 Å². The van der Waals surface area contributed by atoms with Gasteiger partial charge in [-0.15, -0.1) is 0 Å². The zero-order valence-corrected chi connectivity index (χ0v) is 14.5. The average molecular weight is 336 g/mol. The lowest BCUT2D eigenvalue weighted by Gasteiger charge is -2.37. The van der Waals surface area contributed by atoms with Crippen molar-refractivity contribution in [1.82, 2.24) is 10.2 Å². The van der Waals surface area contributed by atoms with Crippen molar-refractivity contribution < 1.29 is 9.59 Å². The van der Waals surface area contributed by atoms with Crippen molar-refractivity contribution in [3.05, 3.63) is 71.8 Å². The van der Waals surface area contributed by atoms with E-state index in [2.05, 4.69) is 53.8 Å². The molecule has 1 fully saturated rings. The van der Waals surface area contributed by atoms with E-state index in [4.69, 9.17) is 0 Å². The summed E-state index contributed by atoms with van der Waals surface area (Å²) in [5.41, 5.74) is 2.52. The Morgan fingerprint density at radius 2 is 1.52 bits per heavy atom. The second-order valence-corrected chi connectivity index (χ2v) is 6.57. The van der Waals surface area contributed by atoms with Crippen LogP contribution in [0.3, 0.4) is 0 Å². The molecule has 0 aromatic heterocycles. The van der Waals surface area contributed by atoms with Crippen LogP contribution >= 0.6 is 0 Å². The third-order valence-electron chi connectivity index (χ3n) is 4.83. The van der Waals surface area contributed by atoms with Crippen LogP contribution in [-0.2, 0) is 9.59 Å². The standard InChI is InChI=1S/C21H24N2O2/c1-16(24)23-14-19(15-23)21(25)22-13-12-20(17-8-4-2-5-9-17)18-10-6-3-7-11-18/h2-11,19-20H,12-15H2,1H3,(H,22,25). The van der Waals surface area contributed by atoms with Gasteiger partial charge in [-0.3, -0.25) is 9.59 Å². The summed E-state index contributed by atoms with van der Waals surface area (Å²) in [5, 5.41) is 3.04. The highest BCUT2D eigenvalue weighted by atomic mass is 16.2. The maximum Gasteiger partial charge on any atom is 0.226 e. The summed E-state index contributed by atoms with van der Waals surface area (Å²) in [4.78, 5) is 25.1. The molecule has 1 saturated heterocycles. The van der Waals surface area contributed by atoms with E-state index in [-0.39, 0.29) is 23.7 Å². The zero-order chi connectivity index (χ0) is 17.6. The summed E-state index contributed by atoms with van der Waals surface area (Å²) in [6, 6.07) is 20.8. The van der Waals surface area contributed by atoms with E-state index >= 15 is 0 Å². The maximum atomic E-state index is 12.2. The number of carbonyl (C=O) groups excluding carboxylic acids is 2. The zero-order valence-electron chi connectivity index (χ0n) is 14.5. The van der Waals surface area contributed by atoms with Crippen LogP contribution in [0.4, 0.5) is 0 Å². The Balaban J connectivity index is 1.57. The SMILES string of the molecule is CC(=O)N1CC(C(=O)NCCC(c2ccccc2)c2ccccc2)C1. The molecule has 0 bridgehead atoms. The van der Waals surface area contributed by atoms with E-state index in [1.807, 2.05) is 12.1 Å². The topological polar surface area (TPSA) is 49.4 Å². The Morgan fingerprint density at radius 1 is 1.00 bits per heavy atom. The van der Waals surface area contributed by atoms with Crippen LogP contribution < -0.4 is 5.32 Å². The lowest BCUT2D eigenvalue weighted by Crippen LogP contribution is -2.55. The monoisotopic (exact) mass is 336 g/mol. The van der Waals surface area contributed by atoms with Gasteiger partial charge in [-0.05, 0) is 17.5 Å². The van der Waals surface area contributed by atoms with Gasteiger partial charge < -0.3 is 10.2 Å². The second-order valence-electron chi connectivity index (χ2n) is 6.57. The molecular formula is C21H24N2O2. The molecule has 3 rings (SSSR count). The van der Waals surface area contributed by atoms with Crippen LogP contribution in [0.5, 0.6) is 0 Å². The Hall–Kier alpha value is -2.62. The normalized spacial score (nSPS) is 14.2. The third-order valence-corrected chi connectivity index (χ3v) is 4.83. The van der Waals surface area contributed by atoms with Crippen molar-refractivity contribution in [3.63, 3.8) is 0 Å². The van der Waals surface area contributed by atoms with Gasteiger partial charge in [0.1, 0.15) is 0 Å². The van der Waals surface area contributed by atoms with E-state index in [1.165, 1.54) is 11.1 Å². The Labute approximate surface area is 148 Å². The lowest BCUT2D eigenvalue weighted by atomic mass is 9.88. The number of hydrogen-bond acceptors (Lipinski definition) is 2. The highest BCUT2D eigenvalue weighted by Crippen LogP contribution is 2.27. The van der Waals surface area contributed by atoms with E-state index < -0.39 is 0 Å². The van der Waals surface area contributed by atoms with Gasteiger partial charge >= 0.3 is 0 Å². The highest BCUT2D eigenvalue weighted by Gasteiger charge is 2.33. The third kappa shape index (κ3) is 4.27. The van der Waals surface area contributed by atoms with E-state index in [9.17, 15) is 9.59 Å². The number of rotatable bonds is 6. The first-order valence-electron chi connectivity index (χ1n) is 8.78. The number of likely N-dealkylation sites (tertiary alicyclic amines) is 1. The fourth-order valence-corrected chi connectivity index (χ4v) is 3.28. The van der Waals surface area contributed by atoms with E-state index in [1.54, 1.807) is 11.8 Å². The van der Waals surface area contributed by atoms with Crippen molar-refractivity contribution in [2.24, 2.45) is 5.92 Å². The van der Waals surface area contributed by atoms with Crippen LogP contribution in [0.2, 0.25) is 0 Å². The summed E-state index contributed by atoms with van der Waals surface area (Å²) in [5.74, 6) is 0.295. The molecule has 25 heavy (non-hydrogen) atoms. The van der Waals surface area contributed by atoms with Gasteiger partial charge in [0, 0.05) is 32.5 Å². The maximum absolute atomic E-state index is 12.2. The van der Waals surface area contributed by atoms with Crippen molar-refractivity contribution in [2.75, 3.05) is 19.6 Å². The summed E-state index contributed by atoms with van der Waals surface area (Å²) in [7, 11) is 0. The van der Waals surface area contributed by atoms with E-state index in [0.717, 1.165) is 6.42 Å². The molecule has 1 aliphatic rings. The molecule has 4 nitrogen and oxygen atoms in total. The molecule has 0 spiro atoms. The van der Waals surface area contributed by atoms with Crippen LogP contribution in [0.15, 0.2) is 60.7 Å². The Kier molecular flexibility index (Phi) is 5.49. The molecule has 0 unspecified atom stereocenters. The van der Waals surface area contributed by atoms with Gasteiger partial charge in [0.05, 0.1) is 5.92 Å². The minimum absolute atomic E-state index is 0.0391. The number of carbonyl (C=O) groups is 2. The molecular weight excluding hydrogens is 312 g/mol. The van der Waals surface area contributed by atoms with Crippen LogP contribution in [0, 0.1) is 5.92 Å². The molecule has 1 N–H and O–H groups in total. The Bertz CT molecular complexity index is 670. The predicted molar refractivity (Wildman–Crippen MR) is 98.1 cm³/mol. The number of benzene rings is 2. The predicted octanol–water partition coefficient (Wildman–Crippen LogP) is 2.80. The fraction of sp³-hybridized carbons (Fsp3) is 0.333.